The summed E-state index contributed by atoms with van der Waals surface area (Å²) >= 11 is 0. The zero-order valence-corrected chi connectivity index (χ0v) is 18.7. The first-order valence-corrected chi connectivity index (χ1v) is 10.5. The predicted molar refractivity (Wildman–Crippen MR) is 118 cm³/mol. The number of urea groups is 1. The summed E-state index contributed by atoms with van der Waals surface area (Å²) in [4.78, 5) is 26.5. The van der Waals surface area contributed by atoms with Crippen molar-refractivity contribution in [3.63, 3.8) is 0 Å². The van der Waals surface area contributed by atoms with Crippen molar-refractivity contribution in [3.8, 4) is 11.5 Å². The Kier molecular flexibility index (Phi) is 7.22. The molecule has 0 aliphatic carbocycles. The normalized spacial score (nSPS) is 16.3. The van der Waals surface area contributed by atoms with E-state index in [4.69, 9.17) is 9.47 Å². The van der Waals surface area contributed by atoms with Crippen LogP contribution in [0.4, 0.5) is 9.18 Å². The Bertz CT molecular complexity index is 977. The van der Waals surface area contributed by atoms with Crippen molar-refractivity contribution in [3.05, 3.63) is 58.9 Å². The highest BCUT2D eigenvalue weighted by Gasteiger charge is 2.35. The Morgan fingerprint density at radius 3 is 2.34 bits per heavy atom. The van der Waals surface area contributed by atoms with Gasteiger partial charge in [-0.25, -0.2) is 14.0 Å². The molecule has 2 aromatic carbocycles. The minimum absolute atomic E-state index is 0.100. The summed E-state index contributed by atoms with van der Waals surface area (Å²) in [5, 5.41) is 12.2. The van der Waals surface area contributed by atoms with Crippen molar-refractivity contribution in [1.82, 2.24) is 10.2 Å². The first kappa shape index (κ1) is 23.4. The van der Waals surface area contributed by atoms with Crippen LogP contribution in [0.15, 0.2) is 36.4 Å². The second kappa shape index (κ2) is 9.89. The van der Waals surface area contributed by atoms with E-state index in [1.54, 1.807) is 24.1 Å². The SMILES string of the molecule is COc1cc2c(cc1OC)C(c1ccc(F)cc1)N(C(=O)N[C@@H](CC(C)C)C(=O)O)CC2. The number of carbonyl (C=O) groups excluding carboxylic acids is 1. The number of nitrogens with one attached hydrogen (secondary N) is 1. The van der Waals surface area contributed by atoms with Crippen LogP contribution in [-0.4, -0.2) is 48.8 Å². The highest BCUT2D eigenvalue weighted by atomic mass is 19.1. The number of carbonyl (C=O) groups is 2. The van der Waals surface area contributed by atoms with Crippen molar-refractivity contribution in [2.24, 2.45) is 5.92 Å². The van der Waals surface area contributed by atoms with E-state index in [9.17, 15) is 19.1 Å². The summed E-state index contributed by atoms with van der Waals surface area (Å²) in [6.07, 6.45) is 0.875. The van der Waals surface area contributed by atoms with Gasteiger partial charge in [0.05, 0.1) is 20.3 Å². The number of aliphatic carboxylic acids is 1. The highest BCUT2D eigenvalue weighted by molar-refractivity contribution is 5.83. The molecule has 0 fully saturated rings. The van der Waals surface area contributed by atoms with Crippen molar-refractivity contribution in [2.45, 2.75) is 38.8 Å². The summed E-state index contributed by atoms with van der Waals surface area (Å²) in [6, 6.07) is 7.66. The topological polar surface area (TPSA) is 88.1 Å². The van der Waals surface area contributed by atoms with Gasteiger partial charge in [0.2, 0.25) is 0 Å². The van der Waals surface area contributed by atoms with Gasteiger partial charge in [0.1, 0.15) is 11.9 Å². The predicted octanol–water partition coefficient (Wildman–Crippen LogP) is 4.00. The minimum Gasteiger partial charge on any atom is -0.493 e. The van der Waals surface area contributed by atoms with Crippen LogP contribution in [0.3, 0.4) is 0 Å². The van der Waals surface area contributed by atoms with Crippen molar-refractivity contribution in [1.29, 1.82) is 0 Å². The third-order valence-corrected chi connectivity index (χ3v) is 5.62. The number of hydrogen-bond donors (Lipinski definition) is 2. The van der Waals surface area contributed by atoms with E-state index < -0.39 is 24.1 Å². The zero-order valence-electron chi connectivity index (χ0n) is 18.7. The van der Waals surface area contributed by atoms with Crippen LogP contribution in [0, 0.1) is 11.7 Å². The monoisotopic (exact) mass is 444 g/mol. The number of amides is 2. The Hall–Kier alpha value is -3.29. The summed E-state index contributed by atoms with van der Waals surface area (Å²) in [5.74, 6) is -0.248. The highest BCUT2D eigenvalue weighted by Crippen LogP contribution is 2.41. The van der Waals surface area contributed by atoms with Gasteiger partial charge < -0.3 is 24.8 Å². The number of halogens is 1. The average molecular weight is 445 g/mol. The Morgan fingerprint density at radius 2 is 1.78 bits per heavy atom. The number of rotatable bonds is 7. The lowest BCUT2D eigenvalue weighted by atomic mass is 9.87. The van der Waals surface area contributed by atoms with Crippen LogP contribution in [0.2, 0.25) is 0 Å². The zero-order chi connectivity index (χ0) is 23.4. The van der Waals surface area contributed by atoms with E-state index >= 15 is 0 Å². The molecule has 2 N–H and O–H groups in total. The van der Waals surface area contributed by atoms with Gasteiger partial charge in [-0.05, 0) is 59.7 Å². The quantitative estimate of drug-likeness (QED) is 0.674. The molecule has 0 saturated heterocycles. The van der Waals surface area contributed by atoms with E-state index in [0.29, 0.717) is 36.4 Å². The second-order valence-corrected chi connectivity index (χ2v) is 8.27. The number of hydrogen-bond acceptors (Lipinski definition) is 4. The van der Waals surface area contributed by atoms with Gasteiger partial charge >= 0.3 is 12.0 Å². The average Bonchev–Trinajstić information content (AvgIpc) is 2.77. The molecule has 1 unspecified atom stereocenters. The standard InChI is InChI=1S/C24H29FN2O5/c1-14(2)11-19(23(28)29)26-24(30)27-10-9-16-12-20(31-3)21(32-4)13-18(16)22(27)15-5-7-17(25)8-6-15/h5-8,12-14,19,22H,9-11H2,1-4H3,(H,26,30)(H,28,29)/t19-,22?/m0/s1. The Labute approximate surface area is 187 Å². The van der Waals surface area contributed by atoms with Gasteiger partial charge in [-0.15, -0.1) is 0 Å². The van der Waals surface area contributed by atoms with E-state index in [1.807, 2.05) is 26.0 Å². The molecular weight excluding hydrogens is 415 g/mol. The van der Waals surface area contributed by atoms with Crippen LogP contribution in [0.1, 0.15) is 43.0 Å². The smallest absolute Gasteiger partial charge is 0.326 e. The molecule has 7 nitrogen and oxygen atoms in total. The first-order valence-electron chi connectivity index (χ1n) is 10.5. The summed E-state index contributed by atoms with van der Waals surface area (Å²) in [6.45, 7) is 4.17. The summed E-state index contributed by atoms with van der Waals surface area (Å²) < 4.78 is 24.5. The molecule has 0 saturated carbocycles. The number of methoxy groups -OCH3 is 2. The van der Waals surface area contributed by atoms with Crippen molar-refractivity contribution < 1.29 is 28.6 Å². The third kappa shape index (κ3) is 4.95. The lowest BCUT2D eigenvalue weighted by Gasteiger charge is -2.38. The first-order chi connectivity index (χ1) is 15.2. The van der Waals surface area contributed by atoms with E-state index in [0.717, 1.165) is 11.1 Å². The lowest BCUT2D eigenvalue weighted by molar-refractivity contribution is -0.139. The number of carboxylic acid groups (broad SMARTS) is 1. The number of ether oxygens (including phenoxy) is 2. The van der Waals surface area contributed by atoms with Crippen LogP contribution in [0.25, 0.3) is 0 Å². The van der Waals surface area contributed by atoms with E-state index in [2.05, 4.69) is 5.32 Å². The molecule has 1 aliphatic rings. The largest absolute Gasteiger partial charge is 0.493 e. The van der Waals surface area contributed by atoms with Crippen LogP contribution in [0.5, 0.6) is 11.5 Å². The fourth-order valence-electron chi connectivity index (χ4n) is 4.09. The molecule has 0 spiro atoms. The molecule has 1 aliphatic heterocycles. The van der Waals surface area contributed by atoms with Gasteiger partial charge in [-0.1, -0.05) is 26.0 Å². The number of benzene rings is 2. The van der Waals surface area contributed by atoms with E-state index in [-0.39, 0.29) is 11.7 Å². The van der Waals surface area contributed by atoms with E-state index in [1.165, 1.54) is 19.2 Å². The maximum atomic E-state index is 13.6. The molecule has 0 bridgehead atoms. The van der Waals surface area contributed by atoms with Crippen LogP contribution >= 0.6 is 0 Å². The number of fused-ring (bicyclic) bond motifs is 1. The summed E-state index contributed by atoms with van der Waals surface area (Å²) in [7, 11) is 3.10. The molecule has 32 heavy (non-hydrogen) atoms. The van der Waals surface area contributed by atoms with Crippen LogP contribution < -0.4 is 14.8 Å². The van der Waals surface area contributed by atoms with Crippen molar-refractivity contribution >= 4 is 12.0 Å². The van der Waals surface area contributed by atoms with Gasteiger partial charge in [0.15, 0.2) is 11.5 Å². The van der Waals surface area contributed by atoms with Gasteiger partial charge in [0, 0.05) is 6.54 Å². The second-order valence-electron chi connectivity index (χ2n) is 8.27. The molecule has 3 rings (SSSR count). The molecular formula is C24H29FN2O5. The Balaban J connectivity index is 2.03. The van der Waals surface area contributed by atoms with Gasteiger partial charge in [0.25, 0.3) is 0 Å². The molecule has 2 aromatic rings. The van der Waals surface area contributed by atoms with Gasteiger partial charge in [-0.3, -0.25) is 0 Å². The molecule has 2 atom stereocenters. The molecule has 172 valence electrons. The molecule has 0 aromatic heterocycles. The van der Waals surface area contributed by atoms with Gasteiger partial charge in [-0.2, -0.15) is 0 Å². The van der Waals surface area contributed by atoms with Crippen molar-refractivity contribution in [2.75, 3.05) is 20.8 Å². The maximum absolute atomic E-state index is 13.6. The fourth-order valence-corrected chi connectivity index (χ4v) is 4.09. The summed E-state index contributed by atoms with van der Waals surface area (Å²) in [5.41, 5.74) is 2.52. The van der Waals surface area contributed by atoms with Crippen LogP contribution in [-0.2, 0) is 11.2 Å². The maximum Gasteiger partial charge on any atom is 0.326 e. The lowest BCUT2D eigenvalue weighted by Crippen LogP contribution is -2.51. The molecule has 0 radical (unpaired) electrons. The number of nitrogens with zero attached hydrogens (tertiary/aromatic N) is 1. The minimum atomic E-state index is -1.07. The molecule has 8 heteroatoms. The molecule has 1 heterocycles. The number of carboxylic acids is 1. The Morgan fingerprint density at radius 1 is 1.16 bits per heavy atom. The fraction of sp³-hybridized carbons (Fsp3) is 0.417. The third-order valence-electron chi connectivity index (χ3n) is 5.62. The molecule has 2 amide bonds.